The normalized spacial score (nSPS) is 11.2. The molecule has 0 aliphatic rings. The van der Waals surface area contributed by atoms with Gasteiger partial charge in [-0.3, -0.25) is 0 Å². The van der Waals surface area contributed by atoms with Crippen LogP contribution in [0.4, 0.5) is 24.5 Å². The average molecular weight is 325 g/mol. The van der Waals surface area contributed by atoms with Gasteiger partial charge in [-0.2, -0.15) is 13.2 Å². The summed E-state index contributed by atoms with van der Waals surface area (Å²) in [6.45, 7) is -0.577. The van der Waals surface area contributed by atoms with Crippen molar-refractivity contribution in [1.82, 2.24) is 0 Å². The zero-order chi connectivity index (χ0) is 17.0. The number of anilines is 2. The Labute approximate surface area is 130 Å². The van der Waals surface area contributed by atoms with Crippen molar-refractivity contribution >= 4 is 17.3 Å². The minimum atomic E-state index is -4.60. The highest BCUT2D eigenvalue weighted by atomic mass is 19.4. The van der Waals surface area contributed by atoms with Gasteiger partial charge in [0.2, 0.25) is 0 Å². The summed E-state index contributed by atoms with van der Waals surface area (Å²) in [6.07, 6.45) is -4.60. The number of aliphatic hydroxyl groups is 1. The molecule has 7 heteroatoms. The summed E-state index contributed by atoms with van der Waals surface area (Å²) < 4.78 is 44.2. The van der Waals surface area contributed by atoms with Gasteiger partial charge in [0.05, 0.1) is 36.2 Å². The lowest BCUT2D eigenvalue weighted by Crippen LogP contribution is -2.12. The van der Waals surface area contributed by atoms with Gasteiger partial charge in [-0.1, -0.05) is 24.3 Å². The number of aliphatic hydroxyl groups excluding tert-OH is 1. The first kappa shape index (κ1) is 16.8. The summed E-state index contributed by atoms with van der Waals surface area (Å²) in [5, 5.41) is 11.9. The number of benzene rings is 2. The zero-order valence-corrected chi connectivity index (χ0v) is 12.1. The molecule has 0 radical (unpaired) electrons. The molecule has 0 aliphatic carbocycles. The Bertz CT molecular complexity index is 714. The predicted molar refractivity (Wildman–Crippen MR) is 78.4 cm³/mol. The van der Waals surface area contributed by atoms with E-state index in [0.29, 0.717) is 0 Å². The molecule has 122 valence electrons. The number of hydrogen-bond donors (Lipinski definition) is 2. The highest BCUT2D eigenvalue weighted by Crippen LogP contribution is 2.38. The smallest absolute Gasteiger partial charge is 0.418 e. The Hall–Kier alpha value is -2.54. The highest BCUT2D eigenvalue weighted by molar-refractivity contribution is 5.96. The first-order chi connectivity index (χ1) is 10.9. The van der Waals surface area contributed by atoms with Crippen LogP contribution >= 0.6 is 0 Å². The molecule has 0 heterocycles. The van der Waals surface area contributed by atoms with Crippen LogP contribution in [0.25, 0.3) is 0 Å². The van der Waals surface area contributed by atoms with E-state index in [4.69, 9.17) is 0 Å². The van der Waals surface area contributed by atoms with Crippen LogP contribution in [-0.2, 0) is 17.5 Å². The van der Waals surface area contributed by atoms with Crippen molar-refractivity contribution in [1.29, 1.82) is 0 Å². The maximum atomic E-state index is 13.2. The third-order valence-electron chi connectivity index (χ3n) is 3.22. The maximum absolute atomic E-state index is 13.2. The van der Waals surface area contributed by atoms with E-state index in [1.807, 2.05) is 0 Å². The van der Waals surface area contributed by atoms with Gasteiger partial charge in [0.25, 0.3) is 0 Å². The number of nitrogens with one attached hydrogen (secondary N) is 1. The molecule has 0 unspecified atom stereocenters. The van der Waals surface area contributed by atoms with Crippen LogP contribution in [0.2, 0.25) is 0 Å². The maximum Gasteiger partial charge on any atom is 0.418 e. The van der Waals surface area contributed by atoms with Crippen molar-refractivity contribution < 1.29 is 27.8 Å². The van der Waals surface area contributed by atoms with E-state index < -0.39 is 24.3 Å². The number of carbonyl (C=O) groups is 1. The molecule has 2 rings (SSSR count). The van der Waals surface area contributed by atoms with Crippen LogP contribution in [0.1, 0.15) is 21.5 Å². The molecule has 0 aliphatic heterocycles. The van der Waals surface area contributed by atoms with Gasteiger partial charge in [0.15, 0.2) is 0 Å². The summed E-state index contributed by atoms with van der Waals surface area (Å²) >= 11 is 0. The number of halogens is 3. The fraction of sp³-hybridized carbons (Fsp3) is 0.188. The lowest BCUT2D eigenvalue weighted by molar-refractivity contribution is -0.137. The van der Waals surface area contributed by atoms with Crippen molar-refractivity contribution in [2.24, 2.45) is 0 Å². The molecule has 0 saturated heterocycles. The third kappa shape index (κ3) is 3.62. The Morgan fingerprint density at radius 1 is 1.17 bits per heavy atom. The van der Waals surface area contributed by atoms with Crippen molar-refractivity contribution in [2.75, 3.05) is 12.4 Å². The quantitative estimate of drug-likeness (QED) is 0.841. The molecule has 2 aromatic rings. The van der Waals surface area contributed by atoms with Crippen molar-refractivity contribution in [3.63, 3.8) is 0 Å². The van der Waals surface area contributed by atoms with E-state index in [1.165, 1.54) is 31.4 Å². The second kappa shape index (κ2) is 6.70. The number of carbonyl (C=O) groups excluding carboxylic acids is 1. The number of para-hydroxylation sites is 2. The van der Waals surface area contributed by atoms with E-state index in [1.54, 1.807) is 12.1 Å². The molecule has 4 nitrogen and oxygen atoms in total. The number of ether oxygens (including phenoxy) is 1. The first-order valence-electron chi connectivity index (χ1n) is 6.62. The molecule has 0 spiro atoms. The predicted octanol–water partition coefficient (Wildman–Crippen LogP) is 3.73. The van der Waals surface area contributed by atoms with Crippen LogP contribution in [-0.4, -0.2) is 18.2 Å². The SMILES string of the molecule is COC(=O)c1ccccc1Nc1c(CO)cccc1C(F)(F)F. The van der Waals surface area contributed by atoms with E-state index in [-0.39, 0.29) is 22.5 Å². The molecule has 0 amide bonds. The van der Waals surface area contributed by atoms with Crippen LogP contribution in [0, 0.1) is 0 Å². The number of alkyl halides is 3. The lowest BCUT2D eigenvalue weighted by Gasteiger charge is -2.19. The molecule has 2 N–H and O–H groups in total. The molecule has 0 bridgehead atoms. The van der Waals surface area contributed by atoms with Crippen LogP contribution in [0.5, 0.6) is 0 Å². The fourth-order valence-corrected chi connectivity index (χ4v) is 2.13. The van der Waals surface area contributed by atoms with Crippen molar-refractivity contribution in [2.45, 2.75) is 12.8 Å². The summed E-state index contributed by atoms with van der Waals surface area (Å²) in [6, 6.07) is 9.53. The Balaban J connectivity index is 2.55. The Morgan fingerprint density at radius 2 is 1.87 bits per heavy atom. The zero-order valence-electron chi connectivity index (χ0n) is 12.1. The minimum absolute atomic E-state index is 0.0690. The van der Waals surface area contributed by atoms with Crippen molar-refractivity contribution in [3.8, 4) is 0 Å². The molecule has 0 saturated carbocycles. The standard InChI is InChI=1S/C16H14F3NO3/c1-23-15(22)11-6-2-3-8-13(11)20-14-10(9-21)5-4-7-12(14)16(17,18)19/h2-8,20-21H,9H2,1H3. The number of hydrogen-bond acceptors (Lipinski definition) is 4. The molecular formula is C16H14F3NO3. The third-order valence-corrected chi connectivity index (χ3v) is 3.22. The van der Waals surface area contributed by atoms with Crippen LogP contribution < -0.4 is 5.32 Å². The van der Waals surface area contributed by atoms with Gasteiger partial charge in [0, 0.05) is 5.56 Å². The van der Waals surface area contributed by atoms with E-state index in [9.17, 15) is 23.1 Å². The monoisotopic (exact) mass is 325 g/mol. The largest absolute Gasteiger partial charge is 0.465 e. The van der Waals surface area contributed by atoms with Crippen LogP contribution in [0.15, 0.2) is 42.5 Å². The van der Waals surface area contributed by atoms with Gasteiger partial charge < -0.3 is 15.2 Å². The summed E-state index contributed by atoms with van der Waals surface area (Å²) in [7, 11) is 1.18. The fourth-order valence-electron chi connectivity index (χ4n) is 2.13. The topological polar surface area (TPSA) is 58.6 Å². The number of esters is 1. The molecule has 0 atom stereocenters. The number of methoxy groups -OCH3 is 1. The van der Waals surface area contributed by atoms with Gasteiger partial charge in [-0.15, -0.1) is 0 Å². The summed E-state index contributed by atoms with van der Waals surface area (Å²) in [5.41, 5.74) is -0.899. The molecule has 23 heavy (non-hydrogen) atoms. The molecule has 0 aromatic heterocycles. The second-order valence-corrected chi connectivity index (χ2v) is 4.66. The molecule has 2 aromatic carbocycles. The molecular weight excluding hydrogens is 311 g/mol. The van der Waals surface area contributed by atoms with E-state index in [2.05, 4.69) is 10.1 Å². The van der Waals surface area contributed by atoms with E-state index >= 15 is 0 Å². The summed E-state index contributed by atoms with van der Waals surface area (Å²) in [4.78, 5) is 11.7. The van der Waals surface area contributed by atoms with Gasteiger partial charge in [-0.05, 0) is 18.2 Å². The minimum Gasteiger partial charge on any atom is -0.465 e. The van der Waals surface area contributed by atoms with Crippen molar-refractivity contribution in [3.05, 3.63) is 59.2 Å². The van der Waals surface area contributed by atoms with Gasteiger partial charge in [-0.25, -0.2) is 4.79 Å². The average Bonchev–Trinajstić information content (AvgIpc) is 2.53. The molecule has 0 fully saturated rings. The van der Waals surface area contributed by atoms with Gasteiger partial charge >= 0.3 is 12.1 Å². The highest BCUT2D eigenvalue weighted by Gasteiger charge is 2.34. The Morgan fingerprint density at radius 3 is 2.48 bits per heavy atom. The van der Waals surface area contributed by atoms with E-state index in [0.717, 1.165) is 6.07 Å². The summed E-state index contributed by atoms with van der Waals surface area (Å²) in [5.74, 6) is -0.678. The van der Waals surface area contributed by atoms with Crippen LogP contribution in [0.3, 0.4) is 0 Å². The number of rotatable bonds is 4. The Kier molecular flexibility index (Phi) is 4.90. The lowest BCUT2D eigenvalue weighted by atomic mass is 10.1. The first-order valence-corrected chi connectivity index (χ1v) is 6.62. The second-order valence-electron chi connectivity index (χ2n) is 4.66. The van der Waals surface area contributed by atoms with Gasteiger partial charge in [0.1, 0.15) is 0 Å².